The van der Waals surface area contributed by atoms with Crippen molar-refractivity contribution in [2.24, 2.45) is 5.73 Å². The van der Waals surface area contributed by atoms with E-state index in [-0.39, 0.29) is 0 Å². The van der Waals surface area contributed by atoms with Crippen molar-refractivity contribution in [1.82, 2.24) is 9.78 Å². The summed E-state index contributed by atoms with van der Waals surface area (Å²) < 4.78 is 7.52. The maximum Gasteiger partial charge on any atom is 0.152 e. The zero-order valence-electron chi connectivity index (χ0n) is 8.81. The molecule has 0 aliphatic heterocycles. The lowest BCUT2D eigenvalue weighted by Crippen LogP contribution is -2.00. The summed E-state index contributed by atoms with van der Waals surface area (Å²) in [6.45, 7) is 3.46. The summed E-state index contributed by atoms with van der Waals surface area (Å²) in [5, 5.41) is 4.24. The first-order chi connectivity index (χ1) is 7.35. The molecule has 0 unspecified atom stereocenters. The molecule has 2 rings (SSSR count). The summed E-state index contributed by atoms with van der Waals surface area (Å²) in [6.07, 6.45) is 2.84. The molecule has 0 saturated carbocycles. The lowest BCUT2D eigenvalue weighted by molar-refractivity contribution is 0.513. The van der Waals surface area contributed by atoms with Crippen molar-refractivity contribution in [2.45, 2.75) is 26.4 Å². The average Bonchev–Trinajstić information content (AvgIpc) is 2.85. The van der Waals surface area contributed by atoms with Crippen LogP contribution in [-0.4, -0.2) is 9.78 Å². The molecule has 0 aliphatic carbocycles. The number of aromatic nitrogens is 2. The Hall–Kier alpha value is -1.55. The fraction of sp³-hybridized carbons (Fsp3) is 0.364. The van der Waals surface area contributed by atoms with Crippen molar-refractivity contribution in [3.63, 3.8) is 0 Å². The molecule has 2 N–H and O–H groups in total. The maximum absolute atomic E-state index is 5.58. The molecule has 2 aromatic heterocycles. The van der Waals surface area contributed by atoms with Gasteiger partial charge in [0.15, 0.2) is 5.76 Å². The molecule has 0 amide bonds. The van der Waals surface area contributed by atoms with Gasteiger partial charge in [0.05, 0.1) is 6.54 Å². The summed E-state index contributed by atoms with van der Waals surface area (Å²) in [6, 6.07) is 5.79. The molecular weight excluding hydrogens is 190 g/mol. The van der Waals surface area contributed by atoms with Crippen LogP contribution in [0.15, 0.2) is 28.8 Å². The number of aryl methyl sites for hydroxylation is 1. The molecule has 0 aromatic carbocycles. The average molecular weight is 205 g/mol. The Morgan fingerprint density at radius 2 is 2.27 bits per heavy atom. The van der Waals surface area contributed by atoms with Gasteiger partial charge >= 0.3 is 0 Å². The number of hydrogen-bond acceptors (Lipinski definition) is 3. The van der Waals surface area contributed by atoms with Gasteiger partial charge in [-0.2, -0.15) is 5.10 Å². The summed E-state index contributed by atoms with van der Waals surface area (Å²) >= 11 is 0. The maximum atomic E-state index is 5.58. The van der Waals surface area contributed by atoms with Gasteiger partial charge in [-0.05, 0) is 24.6 Å². The second-order valence-corrected chi connectivity index (χ2v) is 3.41. The Morgan fingerprint density at radius 3 is 2.93 bits per heavy atom. The van der Waals surface area contributed by atoms with E-state index in [1.807, 2.05) is 22.9 Å². The van der Waals surface area contributed by atoms with E-state index in [9.17, 15) is 0 Å². The second-order valence-electron chi connectivity index (χ2n) is 3.41. The van der Waals surface area contributed by atoms with Gasteiger partial charge in [-0.15, -0.1) is 0 Å². The topological polar surface area (TPSA) is 57.0 Å². The highest BCUT2D eigenvalue weighted by atomic mass is 16.3. The van der Waals surface area contributed by atoms with Gasteiger partial charge in [0, 0.05) is 12.7 Å². The van der Waals surface area contributed by atoms with Gasteiger partial charge in [-0.1, -0.05) is 6.92 Å². The molecule has 0 spiro atoms. The quantitative estimate of drug-likeness (QED) is 0.830. The lowest BCUT2D eigenvalue weighted by atomic mass is 10.3. The minimum Gasteiger partial charge on any atom is -0.458 e. The SMILES string of the molecule is CCCn1nccc1-c1ccc(CN)o1. The highest BCUT2D eigenvalue weighted by molar-refractivity contribution is 5.52. The Labute approximate surface area is 88.7 Å². The molecule has 0 fully saturated rings. The van der Waals surface area contributed by atoms with Gasteiger partial charge in [0.2, 0.25) is 0 Å². The summed E-state index contributed by atoms with van der Waals surface area (Å²) in [7, 11) is 0. The van der Waals surface area contributed by atoms with Gasteiger partial charge < -0.3 is 10.2 Å². The van der Waals surface area contributed by atoms with E-state index < -0.39 is 0 Å². The molecular formula is C11H15N3O. The highest BCUT2D eigenvalue weighted by Gasteiger charge is 2.08. The van der Waals surface area contributed by atoms with Crippen molar-refractivity contribution in [3.05, 3.63) is 30.2 Å². The third-order valence-electron chi connectivity index (χ3n) is 2.27. The van der Waals surface area contributed by atoms with E-state index >= 15 is 0 Å². The first kappa shape index (κ1) is 9.98. The molecule has 2 heterocycles. The predicted molar refractivity (Wildman–Crippen MR) is 58.1 cm³/mol. The molecule has 15 heavy (non-hydrogen) atoms. The largest absolute Gasteiger partial charge is 0.458 e. The Balaban J connectivity index is 2.31. The first-order valence-corrected chi connectivity index (χ1v) is 5.16. The van der Waals surface area contributed by atoms with Crippen LogP contribution in [0.1, 0.15) is 19.1 Å². The van der Waals surface area contributed by atoms with Gasteiger partial charge in [-0.3, -0.25) is 4.68 Å². The van der Waals surface area contributed by atoms with E-state index in [4.69, 9.17) is 10.2 Å². The smallest absolute Gasteiger partial charge is 0.152 e. The van der Waals surface area contributed by atoms with Crippen LogP contribution in [0.4, 0.5) is 0 Å². The fourth-order valence-electron chi connectivity index (χ4n) is 1.56. The lowest BCUT2D eigenvalue weighted by Gasteiger charge is -2.02. The highest BCUT2D eigenvalue weighted by Crippen LogP contribution is 2.21. The van der Waals surface area contributed by atoms with E-state index in [1.54, 1.807) is 6.20 Å². The van der Waals surface area contributed by atoms with Crippen molar-refractivity contribution < 1.29 is 4.42 Å². The minimum absolute atomic E-state index is 0.432. The molecule has 0 atom stereocenters. The molecule has 4 heteroatoms. The number of hydrogen-bond donors (Lipinski definition) is 1. The number of nitrogens with zero attached hydrogens (tertiary/aromatic N) is 2. The van der Waals surface area contributed by atoms with Crippen molar-refractivity contribution in [3.8, 4) is 11.5 Å². The van der Waals surface area contributed by atoms with E-state index in [0.29, 0.717) is 6.54 Å². The summed E-state index contributed by atoms with van der Waals surface area (Å²) in [4.78, 5) is 0. The number of furan rings is 1. The second kappa shape index (κ2) is 4.31. The van der Waals surface area contributed by atoms with Gasteiger partial charge in [-0.25, -0.2) is 0 Å². The molecule has 80 valence electrons. The van der Waals surface area contributed by atoms with Crippen LogP contribution in [0.5, 0.6) is 0 Å². The van der Waals surface area contributed by atoms with E-state index in [0.717, 1.165) is 30.2 Å². The van der Waals surface area contributed by atoms with Crippen LogP contribution in [0.25, 0.3) is 11.5 Å². The number of rotatable bonds is 4. The monoisotopic (exact) mass is 205 g/mol. The molecule has 2 aromatic rings. The summed E-state index contributed by atoms with van der Waals surface area (Å²) in [5.74, 6) is 1.63. The Kier molecular flexibility index (Phi) is 2.87. The minimum atomic E-state index is 0.432. The summed E-state index contributed by atoms with van der Waals surface area (Å²) in [5.41, 5.74) is 6.51. The van der Waals surface area contributed by atoms with Crippen LogP contribution in [0, 0.1) is 0 Å². The molecule has 0 bridgehead atoms. The van der Waals surface area contributed by atoms with Crippen LogP contribution in [0.2, 0.25) is 0 Å². The predicted octanol–water partition coefficient (Wildman–Crippen LogP) is 2.01. The van der Waals surface area contributed by atoms with Crippen LogP contribution in [-0.2, 0) is 13.1 Å². The zero-order chi connectivity index (χ0) is 10.7. The molecule has 0 saturated heterocycles. The molecule has 0 aliphatic rings. The Bertz CT molecular complexity index is 430. The van der Waals surface area contributed by atoms with Crippen LogP contribution < -0.4 is 5.73 Å². The zero-order valence-corrected chi connectivity index (χ0v) is 8.81. The van der Waals surface area contributed by atoms with Crippen molar-refractivity contribution in [2.75, 3.05) is 0 Å². The van der Waals surface area contributed by atoms with Gasteiger partial charge in [0.1, 0.15) is 11.5 Å². The third-order valence-corrected chi connectivity index (χ3v) is 2.27. The van der Waals surface area contributed by atoms with Gasteiger partial charge in [0.25, 0.3) is 0 Å². The van der Waals surface area contributed by atoms with E-state index in [2.05, 4.69) is 12.0 Å². The van der Waals surface area contributed by atoms with Crippen molar-refractivity contribution >= 4 is 0 Å². The number of nitrogens with two attached hydrogens (primary N) is 1. The standard InChI is InChI=1S/C11H15N3O/c1-2-7-14-10(5-6-13-14)11-4-3-9(8-12)15-11/h3-6H,2,7-8,12H2,1H3. The van der Waals surface area contributed by atoms with E-state index in [1.165, 1.54) is 0 Å². The first-order valence-electron chi connectivity index (χ1n) is 5.16. The molecule has 0 radical (unpaired) electrons. The van der Waals surface area contributed by atoms with Crippen molar-refractivity contribution in [1.29, 1.82) is 0 Å². The third kappa shape index (κ3) is 1.94. The fourth-order valence-corrected chi connectivity index (χ4v) is 1.56. The van der Waals surface area contributed by atoms with Crippen LogP contribution in [0.3, 0.4) is 0 Å². The Morgan fingerprint density at radius 1 is 1.40 bits per heavy atom. The normalized spacial score (nSPS) is 10.8. The molecule has 4 nitrogen and oxygen atoms in total. The van der Waals surface area contributed by atoms with Crippen LogP contribution >= 0.6 is 0 Å².